The van der Waals surface area contributed by atoms with Crippen molar-refractivity contribution >= 4 is 28.9 Å². The third kappa shape index (κ3) is 3.92. The molecule has 0 aliphatic rings. The summed E-state index contributed by atoms with van der Waals surface area (Å²) in [6, 6.07) is 7.35. The first-order valence-electron chi connectivity index (χ1n) is 6.96. The smallest absolute Gasteiger partial charge is 0.347 e. The molecular weight excluding hydrogens is 300 g/mol. The van der Waals surface area contributed by atoms with Crippen molar-refractivity contribution in [2.75, 3.05) is 5.32 Å². The summed E-state index contributed by atoms with van der Waals surface area (Å²) < 4.78 is 0. The molecule has 0 aliphatic heterocycles. The molecule has 1 heterocycles. The highest BCUT2D eigenvalue weighted by atomic mass is 32.1. The normalized spacial score (nSPS) is 10.7. The van der Waals surface area contributed by atoms with E-state index >= 15 is 0 Å². The Morgan fingerprint density at radius 1 is 1.36 bits per heavy atom. The van der Waals surface area contributed by atoms with Crippen LogP contribution in [0.15, 0.2) is 24.3 Å². The van der Waals surface area contributed by atoms with Crippen LogP contribution in [-0.4, -0.2) is 22.0 Å². The van der Waals surface area contributed by atoms with Gasteiger partial charge in [0, 0.05) is 24.9 Å². The number of nitrogens with one attached hydrogen (secondary N) is 1. The molecule has 2 N–H and O–H groups in total. The second kappa shape index (κ2) is 6.70. The first kappa shape index (κ1) is 16.2. The van der Waals surface area contributed by atoms with E-state index in [1.165, 1.54) is 18.3 Å². The summed E-state index contributed by atoms with van der Waals surface area (Å²) in [5.74, 6) is -0.890. The first-order chi connectivity index (χ1) is 10.4. The van der Waals surface area contributed by atoms with E-state index < -0.39 is 5.97 Å². The number of carbonyl (C=O) groups is 2. The van der Waals surface area contributed by atoms with Gasteiger partial charge in [-0.3, -0.25) is 4.79 Å². The fourth-order valence-electron chi connectivity index (χ4n) is 2.06. The number of anilines is 1. The lowest BCUT2D eigenvalue weighted by Crippen LogP contribution is -2.06. The number of rotatable bonds is 5. The first-order valence-corrected chi connectivity index (χ1v) is 7.78. The summed E-state index contributed by atoms with van der Waals surface area (Å²) in [6.07, 6.45) is 0.429. The van der Waals surface area contributed by atoms with E-state index in [9.17, 15) is 14.7 Å². The minimum Gasteiger partial charge on any atom is -0.477 e. The van der Waals surface area contributed by atoms with Crippen LogP contribution in [0.25, 0.3) is 0 Å². The van der Waals surface area contributed by atoms with Crippen LogP contribution in [0, 0.1) is 0 Å². The molecule has 6 heteroatoms. The van der Waals surface area contributed by atoms with Crippen molar-refractivity contribution in [1.29, 1.82) is 0 Å². The summed E-state index contributed by atoms with van der Waals surface area (Å²) in [7, 11) is 0. The van der Waals surface area contributed by atoms with Crippen LogP contribution in [0.1, 0.15) is 52.6 Å². The average Bonchev–Trinajstić information content (AvgIpc) is 2.82. The molecule has 1 aromatic carbocycles. The number of nitrogens with zero attached hydrogens (tertiary/aromatic N) is 1. The number of carboxylic acid groups (broad SMARTS) is 1. The maximum absolute atomic E-state index is 11.4. The van der Waals surface area contributed by atoms with Gasteiger partial charge in [-0.05, 0) is 17.7 Å². The Kier molecular flexibility index (Phi) is 4.92. The molecule has 2 rings (SSSR count). The van der Waals surface area contributed by atoms with Gasteiger partial charge in [-0.15, -0.1) is 11.3 Å². The van der Waals surface area contributed by atoms with Crippen molar-refractivity contribution in [3.63, 3.8) is 0 Å². The number of aromatic carboxylic acids is 1. The molecule has 0 spiro atoms. The molecule has 2 aromatic rings. The molecular formula is C16H18N2O3S. The van der Waals surface area contributed by atoms with E-state index in [0.29, 0.717) is 17.8 Å². The van der Waals surface area contributed by atoms with Gasteiger partial charge < -0.3 is 10.4 Å². The molecule has 0 aliphatic carbocycles. The molecule has 116 valence electrons. The topological polar surface area (TPSA) is 79.3 Å². The summed E-state index contributed by atoms with van der Waals surface area (Å²) in [6.45, 7) is 5.43. The highest BCUT2D eigenvalue weighted by molar-refractivity contribution is 7.13. The maximum atomic E-state index is 11.4. The number of carboxylic acids is 1. The monoisotopic (exact) mass is 318 g/mol. The second-order valence-corrected chi connectivity index (χ2v) is 6.38. The Balaban J connectivity index is 2.30. The SMILES string of the molecule is CC(=O)Nc1cccc(Cc2nc(C(C)C)sc2C(=O)O)c1. The molecule has 0 saturated heterocycles. The Morgan fingerprint density at radius 3 is 2.68 bits per heavy atom. The van der Waals surface area contributed by atoms with Gasteiger partial charge >= 0.3 is 5.97 Å². The highest BCUT2D eigenvalue weighted by Gasteiger charge is 2.19. The molecule has 0 fully saturated rings. The van der Waals surface area contributed by atoms with Gasteiger partial charge in [-0.25, -0.2) is 9.78 Å². The number of hydrogen-bond donors (Lipinski definition) is 2. The van der Waals surface area contributed by atoms with E-state index in [1.807, 2.05) is 32.0 Å². The summed E-state index contributed by atoms with van der Waals surface area (Å²) in [5.41, 5.74) is 2.18. The minimum absolute atomic E-state index is 0.140. The number of amides is 1. The number of benzene rings is 1. The summed E-state index contributed by atoms with van der Waals surface area (Å²) in [5, 5.41) is 12.9. The molecule has 1 amide bonds. The van der Waals surface area contributed by atoms with Crippen molar-refractivity contribution in [3.05, 3.63) is 45.4 Å². The molecule has 0 bridgehead atoms. The van der Waals surface area contributed by atoms with E-state index in [2.05, 4.69) is 10.3 Å². The predicted molar refractivity (Wildman–Crippen MR) is 86.7 cm³/mol. The van der Waals surface area contributed by atoms with Gasteiger partial charge in [0.2, 0.25) is 5.91 Å². The molecule has 0 saturated carbocycles. The van der Waals surface area contributed by atoms with Crippen molar-refractivity contribution < 1.29 is 14.7 Å². The standard InChI is InChI=1S/C16H18N2O3S/c1-9(2)15-18-13(14(22-15)16(20)21)8-11-5-4-6-12(7-11)17-10(3)19/h4-7,9H,8H2,1-3H3,(H,17,19)(H,20,21). The van der Waals surface area contributed by atoms with E-state index in [4.69, 9.17) is 0 Å². The summed E-state index contributed by atoms with van der Waals surface area (Å²) >= 11 is 1.23. The predicted octanol–water partition coefficient (Wildman–Crippen LogP) is 3.51. The van der Waals surface area contributed by atoms with Crippen LogP contribution in [0.2, 0.25) is 0 Å². The van der Waals surface area contributed by atoms with Crippen molar-refractivity contribution in [1.82, 2.24) is 4.98 Å². The molecule has 0 atom stereocenters. The average molecular weight is 318 g/mol. The molecule has 5 nitrogen and oxygen atoms in total. The quantitative estimate of drug-likeness (QED) is 0.884. The third-order valence-electron chi connectivity index (χ3n) is 3.02. The number of carbonyl (C=O) groups excluding carboxylic acids is 1. The van der Waals surface area contributed by atoms with E-state index in [-0.39, 0.29) is 16.7 Å². The molecule has 22 heavy (non-hydrogen) atoms. The second-order valence-electron chi connectivity index (χ2n) is 5.35. The van der Waals surface area contributed by atoms with Crippen molar-refractivity contribution in [2.24, 2.45) is 0 Å². The number of aromatic nitrogens is 1. The van der Waals surface area contributed by atoms with Gasteiger partial charge in [0.25, 0.3) is 0 Å². The lowest BCUT2D eigenvalue weighted by Gasteiger charge is -2.05. The zero-order valence-electron chi connectivity index (χ0n) is 12.7. The van der Waals surface area contributed by atoms with Crippen LogP contribution in [0.3, 0.4) is 0 Å². The minimum atomic E-state index is -0.947. The largest absolute Gasteiger partial charge is 0.477 e. The lowest BCUT2D eigenvalue weighted by atomic mass is 10.1. The zero-order valence-corrected chi connectivity index (χ0v) is 13.5. The van der Waals surface area contributed by atoms with Crippen LogP contribution in [-0.2, 0) is 11.2 Å². The Labute approximate surface area is 133 Å². The lowest BCUT2D eigenvalue weighted by molar-refractivity contribution is -0.114. The number of thiazole rings is 1. The molecule has 0 unspecified atom stereocenters. The van der Waals surface area contributed by atoms with Gasteiger partial charge in [-0.2, -0.15) is 0 Å². The highest BCUT2D eigenvalue weighted by Crippen LogP contribution is 2.27. The van der Waals surface area contributed by atoms with Crippen LogP contribution < -0.4 is 5.32 Å². The van der Waals surface area contributed by atoms with Gasteiger partial charge in [-0.1, -0.05) is 26.0 Å². The van der Waals surface area contributed by atoms with Crippen LogP contribution >= 0.6 is 11.3 Å². The van der Waals surface area contributed by atoms with Crippen LogP contribution in [0.4, 0.5) is 5.69 Å². The van der Waals surface area contributed by atoms with E-state index in [0.717, 1.165) is 10.6 Å². The third-order valence-corrected chi connectivity index (χ3v) is 4.41. The van der Waals surface area contributed by atoms with Crippen molar-refractivity contribution in [3.8, 4) is 0 Å². The Morgan fingerprint density at radius 2 is 2.09 bits per heavy atom. The van der Waals surface area contributed by atoms with Crippen molar-refractivity contribution in [2.45, 2.75) is 33.1 Å². The molecule has 0 radical (unpaired) electrons. The van der Waals surface area contributed by atoms with E-state index in [1.54, 1.807) is 6.07 Å². The van der Waals surface area contributed by atoms with Gasteiger partial charge in [0.05, 0.1) is 10.7 Å². The number of hydrogen-bond acceptors (Lipinski definition) is 4. The fraction of sp³-hybridized carbons (Fsp3) is 0.312. The van der Waals surface area contributed by atoms with Crippen LogP contribution in [0.5, 0.6) is 0 Å². The zero-order chi connectivity index (χ0) is 16.3. The Bertz CT molecular complexity index is 707. The van der Waals surface area contributed by atoms with Gasteiger partial charge in [0.1, 0.15) is 4.88 Å². The maximum Gasteiger partial charge on any atom is 0.347 e. The summed E-state index contributed by atoms with van der Waals surface area (Å²) in [4.78, 5) is 27.2. The molecule has 1 aromatic heterocycles. The fourth-order valence-corrected chi connectivity index (χ4v) is 2.98. The van der Waals surface area contributed by atoms with Gasteiger partial charge in [0.15, 0.2) is 0 Å². The Hall–Kier alpha value is -2.21.